The lowest BCUT2D eigenvalue weighted by molar-refractivity contribution is 0.00695. The zero-order valence-electron chi connectivity index (χ0n) is 20.5. The molecule has 186 valence electrons. The van der Waals surface area contributed by atoms with E-state index >= 15 is 0 Å². The summed E-state index contributed by atoms with van der Waals surface area (Å²) in [5, 5.41) is 4.03. The Hall–Kier alpha value is -3.20. The van der Waals surface area contributed by atoms with E-state index in [9.17, 15) is 4.79 Å². The molecule has 0 amide bonds. The van der Waals surface area contributed by atoms with Gasteiger partial charge in [0.25, 0.3) is 0 Å². The second-order valence-corrected chi connectivity index (χ2v) is 9.49. The highest BCUT2D eigenvalue weighted by atomic mass is 79.9. The highest BCUT2D eigenvalue weighted by Crippen LogP contribution is 2.17. The van der Waals surface area contributed by atoms with Gasteiger partial charge >= 0.3 is 12.0 Å². The summed E-state index contributed by atoms with van der Waals surface area (Å²) in [6.45, 7) is 9.02. The van der Waals surface area contributed by atoms with Crippen LogP contribution in [0.4, 0.5) is 5.95 Å². The van der Waals surface area contributed by atoms with Crippen molar-refractivity contribution >= 4 is 27.8 Å². The molecule has 0 saturated heterocycles. The van der Waals surface area contributed by atoms with E-state index in [4.69, 9.17) is 14.2 Å². The third-order valence-corrected chi connectivity index (χ3v) is 4.93. The maximum absolute atomic E-state index is 12.3. The Bertz CT molecular complexity index is 1100. The van der Waals surface area contributed by atoms with Gasteiger partial charge in [-0.15, -0.1) is 0 Å². The number of ether oxygens (including phenoxy) is 3. The molecule has 1 aromatic heterocycles. The molecular formula is C26H31BrN4O4. The Morgan fingerprint density at radius 2 is 1.63 bits per heavy atom. The van der Waals surface area contributed by atoms with Crippen molar-refractivity contribution in [1.29, 1.82) is 0 Å². The van der Waals surface area contributed by atoms with Gasteiger partial charge in [-0.1, -0.05) is 40.2 Å². The number of nitrogens with zero attached hydrogens (tertiary/aromatic N) is 3. The lowest BCUT2D eigenvalue weighted by Crippen LogP contribution is -2.23. The van der Waals surface area contributed by atoms with Crippen LogP contribution in [0.25, 0.3) is 0 Å². The van der Waals surface area contributed by atoms with Crippen LogP contribution in [-0.4, -0.2) is 45.1 Å². The van der Waals surface area contributed by atoms with Crippen molar-refractivity contribution in [3.63, 3.8) is 0 Å². The van der Waals surface area contributed by atoms with E-state index < -0.39 is 5.60 Å². The predicted octanol–water partition coefficient (Wildman–Crippen LogP) is 5.20. The fourth-order valence-corrected chi connectivity index (χ4v) is 3.23. The molecule has 1 N–H and O–H groups in total. The number of hydrogen-bond donors (Lipinski definition) is 1. The van der Waals surface area contributed by atoms with Gasteiger partial charge in [-0.2, -0.15) is 15.0 Å². The van der Waals surface area contributed by atoms with Crippen LogP contribution in [0.1, 0.15) is 55.0 Å². The Morgan fingerprint density at radius 3 is 2.26 bits per heavy atom. The van der Waals surface area contributed by atoms with Crippen molar-refractivity contribution in [2.45, 2.75) is 46.3 Å². The normalized spacial score (nSPS) is 11.1. The predicted molar refractivity (Wildman–Crippen MR) is 138 cm³/mol. The van der Waals surface area contributed by atoms with Crippen LogP contribution in [0.15, 0.2) is 48.5 Å². The number of carbonyl (C=O) groups excluding carboxylic acids is 1. The van der Waals surface area contributed by atoms with Crippen LogP contribution in [0.3, 0.4) is 0 Å². The van der Waals surface area contributed by atoms with Crippen LogP contribution in [0, 0.1) is 0 Å². The van der Waals surface area contributed by atoms with Crippen molar-refractivity contribution in [3.8, 4) is 11.8 Å². The van der Waals surface area contributed by atoms with Gasteiger partial charge in [-0.05, 0) is 63.1 Å². The highest BCUT2D eigenvalue weighted by Gasteiger charge is 2.18. The molecule has 0 bridgehead atoms. The maximum Gasteiger partial charge on any atom is 0.338 e. The van der Waals surface area contributed by atoms with E-state index in [1.165, 1.54) is 0 Å². The van der Waals surface area contributed by atoms with Crippen LogP contribution in [0.2, 0.25) is 0 Å². The van der Waals surface area contributed by atoms with Crippen molar-refractivity contribution < 1.29 is 19.0 Å². The van der Waals surface area contributed by atoms with Gasteiger partial charge in [0.05, 0.1) is 18.8 Å². The molecule has 2 aromatic carbocycles. The van der Waals surface area contributed by atoms with Gasteiger partial charge in [-0.3, -0.25) is 0 Å². The topological polar surface area (TPSA) is 95.5 Å². The average molecular weight is 543 g/mol. The molecule has 0 saturated carbocycles. The SMILES string of the molecule is CCOc1nc(Cc2ccc(C(=O)OC(C)(C)C)cc2)nc(NCc2ccc(OCCBr)cc2)n1. The molecule has 1 heterocycles. The quantitative estimate of drug-likeness (QED) is 0.261. The Kier molecular flexibility index (Phi) is 9.42. The van der Waals surface area contributed by atoms with Gasteiger partial charge in [0.1, 0.15) is 17.2 Å². The number of benzene rings is 2. The first-order valence-electron chi connectivity index (χ1n) is 11.5. The zero-order valence-corrected chi connectivity index (χ0v) is 22.1. The fourth-order valence-electron chi connectivity index (χ4n) is 3.07. The second kappa shape index (κ2) is 12.5. The van der Waals surface area contributed by atoms with E-state index in [0.29, 0.717) is 43.5 Å². The third-order valence-electron chi connectivity index (χ3n) is 4.61. The number of nitrogens with one attached hydrogen (secondary N) is 1. The van der Waals surface area contributed by atoms with Crippen molar-refractivity contribution in [3.05, 3.63) is 71.0 Å². The number of anilines is 1. The third kappa shape index (κ3) is 8.83. The number of carbonyl (C=O) groups is 1. The molecule has 0 aliphatic carbocycles. The molecule has 3 rings (SSSR count). The Balaban J connectivity index is 1.67. The molecule has 0 radical (unpaired) electrons. The van der Waals surface area contributed by atoms with E-state index in [-0.39, 0.29) is 12.0 Å². The molecule has 0 spiro atoms. The summed E-state index contributed by atoms with van der Waals surface area (Å²) in [7, 11) is 0. The summed E-state index contributed by atoms with van der Waals surface area (Å²) < 4.78 is 16.6. The number of alkyl halides is 1. The van der Waals surface area contributed by atoms with E-state index in [1.807, 2.05) is 64.1 Å². The lowest BCUT2D eigenvalue weighted by Gasteiger charge is -2.19. The van der Waals surface area contributed by atoms with Gasteiger partial charge in [-0.25, -0.2) is 4.79 Å². The summed E-state index contributed by atoms with van der Waals surface area (Å²) in [5.74, 6) is 1.47. The molecule has 0 aliphatic rings. The first-order valence-corrected chi connectivity index (χ1v) is 12.6. The fraction of sp³-hybridized carbons (Fsp3) is 0.385. The molecule has 8 nitrogen and oxygen atoms in total. The van der Waals surface area contributed by atoms with E-state index in [2.05, 4.69) is 36.2 Å². The van der Waals surface area contributed by atoms with Gasteiger partial charge in [0, 0.05) is 18.3 Å². The average Bonchev–Trinajstić information content (AvgIpc) is 2.81. The molecule has 0 unspecified atom stereocenters. The largest absolute Gasteiger partial charge is 0.493 e. The van der Waals surface area contributed by atoms with Crippen molar-refractivity contribution in [2.75, 3.05) is 23.9 Å². The molecule has 35 heavy (non-hydrogen) atoms. The van der Waals surface area contributed by atoms with Crippen LogP contribution < -0.4 is 14.8 Å². The van der Waals surface area contributed by atoms with Gasteiger partial charge < -0.3 is 19.5 Å². The minimum absolute atomic E-state index is 0.267. The molecular weight excluding hydrogens is 512 g/mol. The first-order chi connectivity index (χ1) is 16.8. The summed E-state index contributed by atoms with van der Waals surface area (Å²) in [6, 6.07) is 15.4. The molecule has 9 heteroatoms. The zero-order chi connectivity index (χ0) is 25.3. The molecule has 0 fully saturated rings. The van der Waals surface area contributed by atoms with Gasteiger partial charge in [0.2, 0.25) is 5.95 Å². The molecule has 0 aliphatic heterocycles. The smallest absolute Gasteiger partial charge is 0.338 e. The lowest BCUT2D eigenvalue weighted by atomic mass is 10.1. The summed E-state index contributed by atoms with van der Waals surface area (Å²) in [6.07, 6.45) is 0.464. The standard InChI is InChI=1S/C26H31BrN4O4/c1-5-33-25-30-22(16-18-6-10-20(11-7-18)23(32)35-26(2,3)4)29-24(31-25)28-17-19-8-12-21(13-9-19)34-15-14-27/h6-13H,5,14-17H2,1-4H3,(H,28,29,30,31). The molecule has 0 atom stereocenters. The minimum Gasteiger partial charge on any atom is -0.493 e. The van der Waals surface area contributed by atoms with Crippen LogP contribution >= 0.6 is 15.9 Å². The highest BCUT2D eigenvalue weighted by molar-refractivity contribution is 9.09. The minimum atomic E-state index is -0.539. The monoisotopic (exact) mass is 542 g/mol. The Labute approximate surface area is 214 Å². The first kappa shape index (κ1) is 26.4. The van der Waals surface area contributed by atoms with Crippen molar-refractivity contribution in [1.82, 2.24) is 15.0 Å². The summed E-state index contributed by atoms with van der Waals surface area (Å²) >= 11 is 3.35. The maximum atomic E-state index is 12.3. The number of hydrogen-bond acceptors (Lipinski definition) is 8. The number of rotatable bonds is 11. The van der Waals surface area contributed by atoms with Crippen LogP contribution in [-0.2, 0) is 17.7 Å². The number of esters is 1. The van der Waals surface area contributed by atoms with E-state index in [0.717, 1.165) is 22.2 Å². The Morgan fingerprint density at radius 1 is 0.943 bits per heavy atom. The second-order valence-electron chi connectivity index (χ2n) is 8.70. The summed E-state index contributed by atoms with van der Waals surface area (Å²) in [4.78, 5) is 25.6. The van der Waals surface area contributed by atoms with Crippen LogP contribution in [0.5, 0.6) is 11.8 Å². The van der Waals surface area contributed by atoms with E-state index in [1.54, 1.807) is 12.1 Å². The summed E-state index contributed by atoms with van der Waals surface area (Å²) in [5.41, 5.74) is 1.98. The molecule has 3 aromatic rings. The van der Waals surface area contributed by atoms with Gasteiger partial charge in [0.15, 0.2) is 0 Å². The number of aromatic nitrogens is 3. The van der Waals surface area contributed by atoms with Crippen molar-refractivity contribution in [2.24, 2.45) is 0 Å². The number of halogens is 1.